The van der Waals surface area contributed by atoms with Crippen molar-refractivity contribution < 1.29 is 13.2 Å². The van der Waals surface area contributed by atoms with Crippen LogP contribution in [0.1, 0.15) is 42.9 Å². The monoisotopic (exact) mass is 253 g/mol. The van der Waals surface area contributed by atoms with E-state index in [1.165, 1.54) is 6.07 Å². The lowest BCUT2D eigenvalue weighted by Gasteiger charge is -2.11. The van der Waals surface area contributed by atoms with Crippen LogP contribution in [-0.4, -0.2) is 0 Å². The summed E-state index contributed by atoms with van der Waals surface area (Å²) in [7, 11) is 0. The SMILES string of the molecule is CC(C)[C@H]1C[C@@H]1c1ccc(C#N)c(C(F)(F)F)c1. The van der Waals surface area contributed by atoms with Gasteiger partial charge in [0, 0.05) is 0 Å². The molecule has 96 valence electrons. The Morgan fingerprint density at radius 1 is 1.33 bits per heavy atom. The van der Waals surface area contributed by atoms with Crippen LogP contribution in [0.25, 0.3) is 0 Å². The van der Waals surface area contributed by atoms with E-state index in [4.69, 9.17) is 5.26 Å². The molecular formula is C14H14F3N. The van der Waals surface area contributed by atoms with Crippen molar-refractivity contribution in [1.82, 2.24) is 0 Å². The molecule has 1 aliphatic carbocycles. The standard InChI is InChI=1S/C14H14F3N/c1-8(2)11-6-12(11)9-3-4-10(7-18)13(5-9)14(15,16)17/h3-5,8,11-12H,6H2,1-2H3/t11-,12-/m1/s1. The van der Waals surface area contributed by atoms with Gasteiger partial charge in [0.25, 0.3) is 0 Å². The zero-order valence-electron chi connectivity index (χ0n) is 10.3. The van der Waals surface area contributed by atoms with Gasteiger partial charge in [-0.3, -0.25) is 0 Å². The van der Waals surface area contributed by atoms with Gasteiger partial charge in [0.1, 0.15) is 0 Å². The topological polar surface area (TPSA) is 23.8 Å². The van der Waals surface area contributed by atoms with Crippen molar-refractivity contribution in [3.8, 4) is 6.07 Å². The van der Waals surface area contributed by atoms with E-state index in [2.05, 4.69) is 13.8 Å². The van der Waals surface area contributed by atoms with Crippen LogP contribution in [0, 0.1) is 23.2 Å². The van der Waals surface area contributed by atoms with E-state index in [0.717, 1.165) is 12.5 Å². The second-order valence-corrected chi connectivity index (χ2v) is 5.16. The molecule has 1 aromatic rings. The molecule has 0 bridgehead atoms. The summed E-state index contributed by atoms with van der Waals surface area (Å²) in [5.41, 5.74) is -0.398. The molecule has 2 atom stereocenters. The lowest BCUT2D eigenvalue weighted by atomic mass is 9.98. The molecule has 0 heterocycles. The van der Waals surface area contributed by atoms with Gasteiger partial charge in [-0.2, -0.15) is 18.4 Å². The fourth-order valence-electron chi connectivity index (χ4n) is 2.46. The van der Waals surface area contributed by atoms with E-state index in [0.29, 0.717) is 17.4 Å². The summed E-state index contributed by atoms with van der Waals surface area (Å²) >= 11 is 0. The molecule has 0 aromatic heterocycles. The van der Waals surface area contributed by atoms with E-state index in [1.54, 1.807) is 12.1 Å². The molecule has 0 N–H and O–H groups in total. The molecule has 18 heavy (non-hydrogen) atoms. The minimum atomic E-state index is -4.46. The Morgan fingerprint density at radius 2 is 2.00 bits per heavy atom. The summed E-state index contributed by atoms with van der Waals surface area (Å²) in [6.45, 7) is 4.16. The van der Waals surface area contributed by atoms with Crippen molar-refractivity contribution in [3.63, 3.8) is 0 Å². The van der Waals surface area contributed by atoms with Gasteiger partial charge in [-0.15, -0.1) is 0 Å². The Morgan fingerprint density at radius 3 is 2.44 bits per heavy atom. The highest BCUT2D eigenvalue weighted by Gasteiger charge is 2.42. The van der Waals surface area contributed by atoms with Crippen molar-refractivity contribution in [1.29, 1.82) is 5.26 Å². The predicted molar refractivity (Wildman–Crippen MR) is 61.8 cm³/mol. The molecule has 0 radical (unpaired) electrons. The summed E-state index contributed by atoms with van der Waals surface area (Å²) in [6, 6.07) is 5.69. The molecule has 2 rings (SSSR count). The maximum Gasteiger partial charge on any atom is 0.417 e. The van der Waals surface area contributed by atoms with Crippen LogP contribution in [0.5, 0.6) is 0 Å². The first-order valence-electron chi connectivity index (χ1n) is 5.96. The third-order valence-electron chi connectivity index (χ3n) is 3.59. The number of benzene rings is 1. The number of hydrogen-bond donors (Lipinski definition) is 0. The third-order valence-corrected chi connectivity index (χ3v) is 3.59. The first-order chi connectivity index (χ1) is 8.34. The Kier molecular flexibility index (Phi) is 3.10. The molecule has 1 nitrogen and oxygen atoms in total. The van der Waals surface area contributed by atoms with E-state index in [1.807, 2.05) is 0 Å². The number of halogens is 3. The Balaban J connectivity index is 2.34. The van der Waals surface area contributed by atoms with Crippen LogP contribution in [0.4, 0.5) is 13.2 Å². The van der Waals surface area contributed by atoms with Gasteiger partial charge in [0.05, 0.1) is 17.2 Å². The van der Waals surface area contributed by atoms with Crippen molar-refractivity contribution in [3.05, 3.63) is 34.9 Å². The Bertz CT molecular complexity index is 497. The lowest BCUT2D eigenvalue weighted by Crippen LogP contribution is -2.08. The fraction of sp³-hybridized carbons (Fsp3) is 0.500. The molecule has 0 aliphatic heterocycles. The summed E-state index contributed by atoms with van der Waals surface area (Å²) < 4.78 is 38.4. The van der Waals surface area contributed by atoms with Crippen molar-refractivity contribution in [2.24, 2.45) is 11.8 Å². The second-order valence-electron chi connectivity index (χ2n) is 5.16. The van der Waals surface area contributed by atoms with Crippen LogP contribution >= 0.6 is 0 Å². The molecule has 4 heteroatoms. The van der Waals surface area contributed by atoms with Crippen LogP contribution in [0.3, 0.4) is 0 Å². The fourth-order valence-corrected chi connectivity index (χ4v) is 2.46. The Hall–Kier alpha value is -1.50. The van der Waals surface area contributed by atoms with Gasteiger partial charge in [0.15, 0.2) is 0 Å². The summed E-state index contributed by atoms with van der Waals surface area (Å²) in [6.07, 6.45) is -3.51. The third kappa shape index (κ3) is 2.35. The molecule has 0 spiro atoms. The Labute approximate surface area is 104 Å². The van der Waals surface area contributed by atoms with Gasteiger partial charge in [-0.05, 0) is 41.9 Å². The molecule has 0 saturated heterocycles. The van der Waals surface area contributed by atoms with Gasteiger partial charge < -0.3 is 0 Å². The number of hydrogen-bond acceptors (Lipinski definition) is 1. The van der Waals surface area contributed by atoms with Gasteiger partial charge in [-0.1, -0.05) is 19.9 Å². The van der Waals surface area contributed by atoms with E-state index >= 15 is 0 Å². The normalized spacial score (nSPS) is 22.9. The van der Waals surface area contributed by atoms with Crippen molar-refractivity contribution in [2.75, 3.05) is 0 Å². The predicted octanol–water partition coefficient (Wildman–Crippen LogP) is 4.34. The van der Waals surface area contributed by atoms with Gasteiger partial charge in [0.2, 0.25) is 0 Å². The highest BCUT2D eigenvalue weighted by molar-refractivity contribution is 5.44. The minimum absolute atomic E-state index is 0.221. The maximum absolute atomic E-state index is 12.8. The second kappa shape index (κ2) is 4.31. The quantitative estimate of drug-likeness (QED) is 0.769. The van der Waals surface area contributed by atoms with Crippen LogP contribution in [-0.2, 0) is 6.18 Å². The summed E-state index contributed by atoms with van der Waals surface area (Å²) in [5, 5.41) is 8.72. The lowest BCUT2D eigenvalue weighted by molar-refractivity contribution is -0.137. The number of rotatable bonds is 2. The minimum Gasteiger partial charge on any atom is -0.192 e. The molecule has 1 fully saturated rings. The van der Waals surface area contributed by atoms with E-state index < -0.39 is 11.7 Å². The smallest absolute Gasteiger partial charge is 0.192 e. The maximum atomic E-state index is 12.8. The number of alkyl halides is 3. The van der Waals surface area contributed by atoms with Crippen molar-refractivity contribution >= 4 is 0 Å². The zero-order chi connectivity index (χ0) is 13.5. The average Bonchev–Trinajstić information content (AvgIpc) is 3.07. The largest absolute Gasteiger partial charge is 0.417 e. The van der Waals surface area contributed by atoms with Crippen LogP contribution in [0.2, 0.25) is 0 Å². The molecule has 0 unspecified atom stereocenters. The molecule has 1 saturated carbocycles. The van der Waals surface area contributed by atoms with E-state index in [-0.39, 0.29) is 11.5 Å². The van der Waals surface area contributed by atoms with Crippen LogP contribution in [0.15, 0.2) is 18.2 Å². The van der Waals surface area contributed by atoms with Crippen molar-refractivity contribution in [2.45, 2.75) is 32.4 Å². The summed E-state index contributed by atoms with van der Waals surface area (Å²) in [4.78, 5) is 0. The first kappa shape index (κ1) is 12.9. The van der Waals surface area contributed by atoms with E-state index in [9.17, 15) is 13.2 Å². The van der Waals surface area contributed by atoms with Gasteiger partial charge >= 0.3 is 6.18 Å². The van der Waals surface area contributed by atoms with Gasteiger partial charge in [-0.25, -0.2) is 0 Å². The number of nitriles is 1. The molecule has 1 aromatic carbocycles. The molecule has 0 amide bonds. The highest BCUT2D eigenvalue weighted by Crippen LogP contribution is 2.52. The summed E-state index contributed by atoms with van der Waals surface area (Å²) in [5.74, 6) is 1.18. The highest BCUT2D eigenvalue weighted by atomic mass is 19.4. The van der Waals surface area contributed by atoms with Crippen LogP contribution < -0.4 is 0 Å². The average molecular weight is 253 g/mol. The zero-order valence-corrected chi connectivity index (χ0v) is 10.3. The number of nitrogens with zero attached hydrogens (tertiary/aromatic N) is 1. The first-order valence-corrected chi connectivity index (χ1v) is 5.96. The molecular weight excluding hydrogens is 239 g/mol. The molecule has 1 aliphatic rings.